The molecular formula is C11H17N3O3S. The zero-order valence-corrected chi connectivity index (χ0v) is 10.9. The summed E-state index contributed by atoms with van der Waals surface area (Å²) in [6.07, 6.45) is 5.61. The molecule has 0 aliphatic carbocycles. The van der Waals surface area contributed by atoms with Gasteiger partial charge in [-0.3, -0.25) is 9.89 Å². The van der Waals surface area contributed by atoms with Crippen molar-refractivity contribution in [2.75, 3.05) is 24.6 Å². The quantitative estimate of drug-likeness (QED) is 0.835. The van der Waals surface area contributed by atoms with Gasteiger partial charge in [-0.25, -0.2) is 8.42 Å². The molecular weight excluding hydrogens is 254 g/mol. The lowest BCUT2D eigenvalue weighted by Gasteiger charge is -2.26. The normalized spacial score (nSPS) is 18.8. The van der Waals surface area contributed by atoms with E-state index >= 15 is 0 Å². The molecule has 1 amide bonds. The lowest BCUT2D eigenvalue weighted by atomic mass is 10.1. The van der Waals surface area contributed by atoms with Crippen LogP contribution in [0.5, 0.6) is 0 Å². The molecule has 6 nitrogen and oxygen atoms in total. The first-order valence-electron chi connectivity index (χ1n) is 6.03. The van der Waals surface area contributed by atoms with E-state index in [0.717, 1.165) is 18.4 Å². The van der Waals surface area contributed by atoms with Crippen molar-refractivity contribution in [2.24, 2.45) is 0 Å². The molecule has 1 saturated heterocycles. The molecule has 0 atom stereocenters. The Labute approximate surface area is 106 Å². The zero-order chi connectivity index (χ0) is 13.0. The Morgan fingerprint density at radius 1 is 1.39 bits per heavy atom. The first kappa shape index (κ1) is 13.1. The summed E-state index contributed by atoms with van der Waals surface area (Å²) in [6, 6.07) is 0. The largest absolute Gasteiger partial charge is 0.341 e. The van der Waals surface area contributed by atoms with Crippen molar-refractivity contribution in [3.8, 4) is 0 Å². The van der Waals surface area contributed by atoms with Crippen molar-refractivity contribution in [3.05, 3.63) is 18.0 Å². The molecule has 7 heteroatoms. The highest BCUT2D eigenvalue weighted by Gasteiger charge is 2.24. The highest BCUT2D eigenvalue weighted by atomic mass is 32.2. The summed E-state index contributed by atoms with van der Waals surface area (Å²) in [5, 5.41) is 6.57. The summed E-state index contributed by atoms with van der Waals surface area (Å²) in [5.41, 5.74) is 1.09. The Morgan fingerprint density at radius 3 is 2.72 bits per heavy atom. The Morgan fingerprint density at radius 2 is 2.11 bits per heavy atom. The van der Waals surface area contributed by atoms with Crippen LogP contribution in [0.25, 0.3) is 0 Å². The highest BCUT2D eigenvalue weighted by molar-refractivity contribution is 7.91. The van der Waals surface area contributed by atoms with Gasteiger partial charge in [-0.15, -0.1) is 0 Å². The van der Waals surface area contributed by atoms with E-state index in [1.807, 2.05) is 6.20 Å². The third-order valence-corrected chi connectivity index (χ3v) is 4.72. The fourth-order valence-corrected chi connectivity index (χ4v) is 3.18. The van der Waals surface area contributed by atoms with Crippen LogP contribution in [0.4, 0.5) is 0 Å². The minimum atomic E-state index is -2.91. The van der Waals surface area contributed by atoms with Crippen molar-refractivity contribution in [3.63, 3.8) is 0 Å². The van der Waals surface area contributed by atoms with E-state index in [2.05, 4.69) is 10.2 Å². The number of carbonyl (C=O) groups excluding carboxylic acids is 1. The monoisotopic (exact) mass is 271 g/mol. The molecule has 2 heterocycles. The molecule has 1 N–H and O–H groups in total. The number of H-pyrrole nitrogens is 1. The lowest BCUT2D eigenvalue weighted by Crippen LogP contribution is -2.43. The summed E-state index contributed by atoms with van der Waals surface area (Å²) >= 11 is 0. The van der Waals surface area contributed by atoms with Crippen LogP contribution in [0, 0.1) is 0 Å². The van der Waals surface area contributed by atoms with Crippen LogP contribution >= 0.6 is 0 Å². The predicted molar refractivity (Wildman–Crippen MR) is 66.8 cm³/mol. The molecule has 1 aliphatic rings. The Bertz CT molecular complexity index is 482. The van der Waals surface area contributed by atoms with Gasteiger partial charge in [-0.1, -0.05) is 0 Å². The Hall–Kier alpha value is -1.37. The minimum Gasteiger partial charge on any atom is -0.341 e. The molecule has 1 aromatic rings. The molecule has 100 valence electrons. The number of amides is 1. The molecule has 2 rings (SSSR count). The second-order valence-electron chi connectivity index (χ2n) is 4.49. The first-order valence-corrected chi connectivity index (χ1v) is 7.85. The van der Waals surface area contributed by atoms with E-state index in [1.165, 1.54) is 0 Å². The van der Waals surface area contributed by atoms with E-state index in [9.17, 15) is 13.2 Å². The van der Waals surface area contributed by atoms with Crippen LogP contribution in [-0.2, 0) is 21.1 Å². The lowest BCUT2D eigenvalue weighted by molar-refractivity contribution is -0.130. The van der Waals surface area contributed by atoms with Crippen molar-refractivity contribution in [1.29, 1.82) is 0 Å². The molecule has 1 fully saturated rings. The number of hydrogen-bond donors (Lipinski definition) is 1. The summed E-state index contributed by atoms with van der Waals surface area (Å²) in [5.74, 6) is 0.245. The fraction of sp³-hybridized carbons (Fsp3) is 0.636. The third kappa shape index (κ3) is 3.56. The van der Waals surface area contributed by atoms with Crippen molar-refractivity contribution in [1.82, 2.24) is 15.1 Å². The summed E-state index contributed by atoms with van der Waals surface area (Å²) in [7, 11) is -2.91. The number of hydrogen-bond acceptors (Lipinski definition) is 4. The summed E-state index contributed by atoms with van der Waals surface area (Å²) in [6.45, 7) is 0.680. The van der Waals surface area contributed by atoms with E-state index in [4.69, 9.17) is 0 Å². The second kappa shape index (κ2) is 5.51. The number of nitrogens with one attached hydrogen (secondary N) is 1. The standard InChI is InChI=1S/C11H17N3O3S/c15-11(3-1-2-10-8-12-13-9-10)14-4-6-18(16,17)7-5-14/h8-9H,1-7H2,(H,12,13). The number of aromatic nitrogens is 2. The number of sulfone groups is 1. The van der Waals surface area contributed by atoms with Gasteiger partial charge in [-0.05, 0) is 18.4 Å². The maximum atomic E-state index is 11.8. The summed E-state index contributed by atoms with van der Waals surface area (Å²) < 4.78 is 22.5. The SMILES string of the molecule is O=C(CCCc1cn[nH]c1)N1CCS(=O)(=O)CC1. The smallest absolute Gasteiger partial charge is 0.222 e. The van der Waals surface area contributed by atoms with Gasteiger partial charge < -0.3 is 4.90 Å². The fourth-order valence-electron chi connectivity index (χ4n) is 1.98. The second-order valence-corrected chi connectivity index (χ2v) is 6.80. The van der Waals surface area contributed by atoms with Crippen LogP contribution in [0.1, 0.15) is 18.4 Å². The van der Waals surface area contributed by atoms with Gasteiger partial charge in [0.15, 0.2) is 9.84 Å². The van der Waals surface area contributed by atoms with Gasteiger partial charge in [0.1, 0.15) is 0 Å². The number of carbonyl (C=O) groups is 1. The molecule has 0 aromatic carbocycles. The molecule has 0 bridgehead atoms. The van der Waals surface area contributed by atoms with E-state index in [1.54, 1.807) is 11.1 Å². The van der Waals surface area contributed by atoms with Gasteiger partial charge in [0.2, 0.25) is 5.91 Å². The number of rotatable bonds is 4. The highest BCUT2D eigenvalue weighted by Crippen LogP contribution is 2.08. The third-order valence-electron chi connectivity index (χ3n) is 3.11. The van der Waals surface area contributed by atoms with Crippen LogP contribution < -0.4 is 0 Å². The van der Waals surface area contributed by atoms with Crippen molar-refractivity contribution >= 4 is 15.7 Å². The predicted octanol–water partition coefficient (Wildman–Crippen LogP) is -0.0106. The molecule has 0 unspecified atom stereocenters. The topological polar surface area (TPSA) is 83.1 Å². The zero-order valence-electron chi connectivity index (χ0n) is 10.1. The van der Waals surface area contributed by atoms with Gasteiger partial charge in [0, 0.05) is 25.7 Å². The maximum Gasteiger partial charge on any atom is 0.222 e. The van der Waals surface area contributed by atoms with E-state index in [0.29, 0.717) is 19.5 Å². The van der Waals surface area contributed by atoms with Crippen LogP contribution in [0.15, 0.2) is 12.4 Å². The average Bonchev–Trinajstić information content (AvgIpc) is 2.82. The average molecular weight is 271 g/mol. The number of nitrogens with zero attached hydrogens (tertiary/aromatic N) is 2. The molecule has 18 heavy (non-hydrogen) atoms. The van der Waals surface area contributed by atoms with Crippen molar-refractivity contribution < 1.29 is 13.2 Å². The maximum absolute atomic E-state index is 11.8. The molecule has 0 spiro atoms. The van der Waals surface area contributed by atoms with E-state index in [-0.39, 0.29) is 17.4 Å². The minimum absolute atomic E-state index is 0.0494. The van der Waals surface area contributed by atoms with Crippen LogP contribution in [-0.4, -0.2) is 54.0 Å². The van der Waals surface area contributed by atoms with Gasteiger partial charge >= 0.3 is 0 Å². The number of aromatic amines is 1. The Balaban J connectivity index is 1.72. The van der Waals surface area contributed by atoms with Crippen molar-refractivity contribution in [2.45, 2.75) is 19.3 Å². The summed E-state index contributed by atoms with van der Waals surface area (Å²) in [4.78, 5) is 13.5. The Kier molecular flexibility index (Phi) is 4.00. The van der Waals surface area contributed by atoms with Crippen LogP contribution in [0.2, 0.25) is 0 Å². The van der Waals surface area contributed by atoms with Gasteiger partial charge in [0.25, 0.3) is 0 Å². The molecule has 0 saturated carbocycles. The van der Waals surface area contributed by atoms with Crippen LogP contribution in [0.3, 0.4) is 0 Å². The number of aryl methyl sites for hydroxylation is 1. The molecule has 0 radical (unpaired) electrons. The molecule has 1 aromatic heterocycles. The molecule has 1 aliphatic heterocycles. The van der Waals surface area contributed by atoms with E-state index < -0.39 is 9.84 Å². The first-order chi connectivity index (χ1) is 8.57. The van der Waals surface area contributed by atoms with Gasteiger partial charge in [0.05, 0.1) is 17.7 Å². The van der Waals surface area contributed by atoms with Gasteiger partial charge in [-0.2, -0.15) is 5.10 Å².